The minimum absolute atomic E-state index is 0.0339. The predicted octanol–water partition coefficient (Wildman–Crippen LogP) is 2.67. The molecule has 0 fully saturated rings. The Morgan fingerprint density at radius 2 is 1.53 bits per heavy atom. The average molecular weight is 482 g/mol. The zero-order valence-electron chi connectivity index (χ0n) is 19.0. The Balaban J connectivity index is 1.61. The number of nitriles is 1. The van der Waals surface area contributed by atoms with Crippen molar-refractivity contribution in [2.24, 2.45) is 0 Å². The van der Waals surface area contributed by atoms with Crippen molar-refractivity contribution in [1.82, 2.24) is 9.13 Å². The molecule has 0 saturated heterocycles. The van der Waals surface area contributed by atoms with Crippen LogP contribution in [0.3, 0.4) is 0 Å². The molecular formula is C25H24ClN3O5. The molecule has 0 saturated carbocycles. The van der Waals surface area contributed by atoms with Gasteiger partial charge in [0.2, 0.25) is 0 Å². The van der Waals surface area contributed by atoms with Crippen LogP contribution in [0.4, 0.5) is 0 Å². The van der Waals surface area contributed by atoms with E-state index in [4.69, 9.17) is 21.6 Å². The smallest absolute Gasteiger partial charge is 0.331 e. The van der Waals surface area contributed by atoms with Crippen molar-refractivity contribution in [2.75, 3.05) is 13.2 Å². The molecule has 0 radical (unpaired) electrons. The van der Waals surface area contributed by atoms with E-state index in [-0.39, 0.29) is 60.4 Å². The van der Waals surface area contributed by atoms with Gasteiger partial charge in [0.1, 0.15) is 19.3 Å². The van der Waals surface area contributed by atoms with Gasteiger partial charge in [-0.25, -0.2) is 4.79 Å². The Morgan fingerprint density at radius 3 is 2.09 bits per heavy atom. The van der Waals surface area contributed by atoms with Crippen molar-refractivity contribution in [3.8, 4) is 6.07 Å². The average Bonchev–Trinajstić information content (AvgIpc) is 2.80. The number of fused-ring (bicyclic) bond motifs is 1. The largest absolute Gasteiger partial charge is 0.366 e. The van der Waals surface area contributed by atoms with Gasteiger partial charge in [0.05, 0.1) is 21.5 Å². The zero-order valence-corrected chi connectivity index (χ0v) is 19.7. The molecule has 0 bridgehead atoms. The summed E-state index contributed by atoms with van der Waals surface area (Å²) in [6.07, 6.45) is 0.110. The fraction of sp³-hybridized carbons (Fsp3) is 0.320. The molecule has 1 heterocycles. The molecule has 0 aliphatic heterocycles. The SMILES string of the molecule is CCn1c(=O)c2cc(CC(=O)COCC(=O)Cc3ccc(C#N)c(Cl)c3)ccc2n(CC)c1=O. The quantitative estimate of drug-likeness (QED) is 0.440. The van der Waals surface area contributed by atoms with Gasteiger partial charge in [-0.15, -0.1) is 0 Å². The summed E-state index contributed by atoms with van der Waals surface area (Å²) in [6.45, 7) is 3.77. The second-order valence-corrected chi connectivity index (χ2v) is 8.18. The third-order valence-electron chi connectivity index (χ3n) is 5.40. The van der Waals surface area contributed by atoms with Crippen molar-refractivity contribution in [1.29, 1.82) is 5.26 Å². The Hall–Kier alpha value is -3.54. The summed E-state index contributed by atoms with van der Waals surface area (Å²) in [4.78, 5) is 49.7. The first-order chi connectivity index (χ1) is 16.3. The number of halogens is 1. The van der Waals surface area contributed by atoms with E-state index >= 15 is 0 Å². The van der Waals surface area contributed by atoms with Crippen LogP contribution >= 0.6 is 11.6 Å². The van der Waals surface area contributed by atoms with Crippen LogP contribution in [-0.2, 0) is 40.3 Å². The fourth-order valence-corrected chi connectivity index (χ4v) is 4.01. The second-order valence-electron chi connectivity index (χ2n) is 7.78. The summed E-state index contributed by atoms with van der Waals surface area (Å²) in [5.41, 5.74) is 1.41. The van der Waals surface area contributed by atoms with Gasteiger partial charge >= 0.3 is 5.69 Å². The number of nitrogens with zero attached hydrogens (tertiary/aromatic N) is 3. The van der Waals surface area contributed by atoms with E-state index in [9.17, 15) is 19.2 Å². The number of aryl methyl sites for hydroxylation is 1. The number of ketones is 2. The van der Waals surface area contributed by atoms with Crippen LogP contribution in [0.2, 0.25) is 5.02 Å². The van der Waals surface area contributed by atoms with Crippen LogP contribution in [0.5, 0.6) is 0 Å². The van der Waals surface area contributed by atoms with E-state index in [1.807, 2.05) is 13.0 Å². The van der Waals surface area contributed by atoms with Gasteiger partial charge in [-0.05, 0) is 49.2 Å². The zero-order chi connectivity index (χ0) is 24.8. The molecule has 9 heteroatoms. The third kappa shape index (κ3) is 5.50. The molecule has 3 aromatic rings. The number of Topliss-reactive ketones (excluding diaryl/α,β-unsaturated/α-hetero) is 2. The Kier molecular flexibility index (Phi) is 8.16. The van der Waals surface area contributed by atoms with Crippen LogP contribution in [-0.4, -0.2) is 33.9 Å². The summed E-state index contributed by atoms with van der Waals surface area (Å²) < 4.78 is 7.98. The molecule has 34 heavy (non-hydrogen) atoms. The lowest BCUT2D eigenvalue weighted by Crippen LogP contribution is -2.39. The maximum absolute atomic E-state index is 12.7. The third-order valence-corrected chi connectivity index (χ3v) is 5.72. The van der Waals surface area contributed by atoms with Crippen molar-refractivity contribution >= 4 is 34.1 Å². The molecule has 2 aromatic carbocycles. The van der Waals surface area contributed by atoms with E-state index in [2.05, 4.69) is 0 Å². The summed E-state index contributed by atoms with van der Waals surface area (Å²) >= 11 is 5.98. The number of carbonyl (C=O) groups is 2. The highest BCUT2D eigenvalue weighted by Gasteiger charge is 2.14. The molecule has 3 rings (SSSR count). The lowest BCUT2D eigenvalue weighted by Gasteiger charge is -2.12. The molecule has 8 nitrogen and oxygen atoms in total. The fourth-order valence-electron chi connectivity index (χ4n) is 3.76. The van der Waals surface area contributed by atoms with Crippen LogP contribution < -0.4 is 11.2 Å². The summed E-state index contributed by atoms with van der Waals surface area (Å²) in [7, 11) is 0. The number of carbonyl (C=O) groups excluding carboxylic acids is 2. The molecule has 0 unspecified atom stereocenters. The van der Waals surface area contributed by atoms with Gasteiger partial charge in [0.15, 0.2) is 11.6 Å². The van der Waals surface area contributed by atoms with Crippen LogP contribution in [0.15, 0.2) is 46.0 Å². The van der Waals surface area contributed by atoms with Gasteiger partial charge in [0.25, 0.3) is 5.56 Å². The van der Waals surface area contributed by atoms with Gasteiger partial charge < -0.3 is 4.74 Å². The number of rotatable bonds is 10. The standard InChI is InChI=1S/C25H24ClN3O5/c1-3-28-23-8-6-16(11-21(23)24(32)29(4-2)25(28)33)9-19(30)14-34-15-20(31)10-17-5-7-18(13-27)22(26)12-17/h5-8,11-12H,3-4,9-10,14-15H2,1-2H3. The molecular weight excluding hydrogens is 458 g/mol. The van der Waals surface area contributed by atoms with Crippen LogP contribution in [0.1, 0.15) is 30.5 Å². The number of benzene rings is 2. The predicted molar refractivity (Wildman–Crippen MR) is 128 cm³/mol. The Bertz CT molecular complexity index is 1420. The van der Waals surface area contributed by atoms with Crippen molar-refractivity contribution in [2.45, 2.75) is 39.8 Å². The Labute approximate surface area is 200 Å². The number of ether oxygens (including phenoxy) is 1. The topological polar surface area (TPSA) is 111 Å². The highest BCUT2D eigenvalue weighted by atomic mass is 35.5. The molecule has 0 aliphatic carbocycles. The highest BCUT2D eigenvalue weighted by molar-refractivity contribution is 6.31. The van der Waals surface area contributed by atoms with Crippen LogP contribution in [0.25, 0.3) is 10.9 Å². The van der Waals surface area contributed by atoms with E-state index in [0.717, 1.165) is 0 Å². The first kappa shape index (κ1) is 25.1. The maximum atomic E-state index is 12.7. The molecule has 0 atom stereocenters. The van der Waals surface area contributed by atoms with Crippen molar-refractivity contribution in [3.05, 3.63) is 78.9 Å². The minimum Gasteiger partial charge on any atom is -0.366 e. The molecule has 0 N–H and O–H groups in total. The molecule has 176 valence electrons. The first-order valence-corrected chi connectivity index (χ1v) is 11.2. The van der Waals surface area contributed by atoms with Crippen LogP contribution in [0, 0.1) is 11.3 Å². The maximum Gasteiger partial charge on any atom is 0.331 e. The molecule has 0 spiro atoms. The second kappa shape index (κ2) is 11.1. The summed E-state index contributed by atoms with van der Waals surface area (Å²) in [5, 5.41) is 9.56. The van der Waals surface area contributed by atoms with E-state index in [0.29, 0.717) is 34.1 Å². The monoisotopic (exact) mass is 481 g/mol. The van der Waals surface area contributed by atoms with Gasteiger partial charge in [0, 0.05) is 25.9 Å². The number of aromatic nitrogens is 2. The van der Waals surface area contributed by atoms with E-state index in [1.165, 1.54) is 9.13 Å². The van der Waals surface area contributed by atoms with Crippen molar-refractivity contribution in [3.63, 3.8) is 0 Å². The normalized spacial score (nSPS) is 10.9. The van der Waals surface area contributed by atoms with Gasteiger partial charge in [-0.1, -0.05) is 23.7 Å². The number of hydrogen-bond donors (Lipinski definition) is 0. The Morgan fingerprint density at radius 1 is 0.941 bits per heavy atom. The summed E-state index contributed by atoms with van der Waals surface area (Å²) in [5.74, 6) is -0.467. The molecule has 0 aliphatic rings. The van der Waals surface area contributed by atoms with Gasteiger partial charge in [-0.2, -0.15) is 5.26 Å². The summed E-state index contributed by atoms with van der Waals surface area (Å²) in [6, 6.07) is 11.7. The molecule has 1 aromatic heterocycles. The lowest BCUT2D eigenvalue weighted by atomic mass is 10.1. The van der Waals surface area contributed by atoms with Crippen molar-refractivity contribution < 1.29 is 14.3 Å². The number of hydrogen-bond acceptors (Lipinski definition) is 6. The highest BCUT2D eigenvalue weighted by Crippen LogP contribution is 2.17. The minimum atomic E-state index is -0.383. The first-order valence-electron chi connectivity index (χ1n) is 10.8. The lowest BCUT2D eigenvalue weighted by molar-refractivity contribution is -0.128. The van der Waals surface area contributed by atoms with Gasteiger partial charge in [-0.3, -0.25) is 23.5 Å². The van der Waals surface area contributed by atoms with E-state index < -0.39 is 0 Å². The van der Waals surface area contributed by atoms with E-state index in [1.54, 1.807) is 43.3 Å². The molecule has 0 amide bonds.